The van der Waals surface area contributed by atoms with Crippen LogP contribution < -0.4 is 5.32 Å². The molecule has 150 valence electrons. The largest absolute Gasteiger partial charge is 0.472 e. The van der Waals surface area contributed by atoms with Gasteiger partial charge in [0.2, 0.25) is 5.91 Å². The van der Waals surface area contributed by atoms with Crippen LogP contribution in [0.1, 0.15) is 47.3 Å². The number of nitrogens with zero attached hydrogens (tertiary/aromatic N) is 1. The Morgan fingerprint density at radius 3 is 2.75 bits per heavy atom. The molecule has 0 aliphatic carbocycles. The number of halogens is 3. The Morgan fingerprint density at radius 1 is 1.29 bits per heavy atom. The van der Waals surface area contributed by atoms with Gasteiger partial charge >= 0.3 is 6.18 Å². The topological polar surface area (TPSA) is 62.6 Å². The number of carbonyl (C=O) groups excluding carboxylic acids is 2. The molecule has 1 aliphatic heterocycles. The van der Waals surface area contributed by atoms with E-state index in [-0.39, 0.29) is 18.4 Å². The van der Waals surface area contributed by atoms with Crippen molar-refractivity contribution in [2.75, 3.05) is 13.1 Å². The molecule has 28 heavy (non-hydrogen) atoms. The van der Waals surface area contributed by atoms with Crippen molar-refractivity contribution in [1.82, 2.24) is 10.2 Å². The Hall–Kier alpha value is -2.77. The molecule has 2 amide bonds. The van der Waals surface area contributed by atoms with Crippen LogP contribution >= 0.6 is 0 Å². The van der Waals surface area contributed by atoms with Crippen LogP contribution in [0, 0.1) is 5.92 Å². The highest BCUT2D eigenvalue weighted by Gasteiger charge is 2.32. The summed E-state index contributed by atoms with van der Waals surface area (Å²) < 4.78 is 43.6. The molecule has 1 aliphatic rings. The standard InChI is InChI=1S/C20H21F3N2O3/c1-13(14-4-2-6-17(10-14)20(21,22)23)24-18(26)15-5-3-8-25(11-15)19(27)16-7-9-28-12-16/h2,4,6-7,9-10,12-13,15H,3,5,8,11H2,1H3,(H,24,26)/t13-,15+/m0/s1. The molecule has 5 nitrogen and oxygen atoms in total. The molecule has 3 rings (SSSR count). The first-order chi connectivity index (χ1) is 13.3. The third-order valence-corrected chi connectivity index (χ3v) is 4.92. The van der Waals surface area contributed by atoms with Gasteiger partial charge in [-0.25, -0.2) is 0 Å². The van der Waals surface area contributed by atoms with Gasteiger partial charge < -0.3 is 14.6 Å². The SMILES string of the molecule is C[C@H](NC(=O)[C@@H]1CCCN(C(=O)c2ccoc2)C1)c1cccc(C(F)(F)F)c1. The number of furan rings is 1. The first kappa shape index (κ1) is 20.0. The summed E-state index contributed by atoms with van der Waals surface area (Å²) in [6.07, 6.45) is -0.354. The summed E-state index contributed by atoms with van der Waals surface area (Å²) in [5.41, 5.74) is 0.0596. The van der Waals surface area contributed by atoms with Crippen molar-refractivity contribution >= 4 is 11.8 Å². The van der Waals surface area contributed by atoms with Gasteiger partial charge in [0.05, 0.1) is 29.3 Å². The molecule has 1 aromatic carbocycles. The first-order valence-corrected chi connectivity index (χ1v) is 9.04. The summed E-state index contributed by atoms with van der Waals surface area (Å²) in [5.74, 6) is -0.871. The zero-order valence-corrected chi connectivity index (χ0v) is 15.3. The number of rotatable bonds is 4. The Bertz CT molecular complexity index is 833. The van der Waals surface area contributed by atoms with E-state index in [1.807, 2.05) is 0 Å². The average Bonchev–Trinajstić information content (AvgIpc) is 3.21. The van der Waals surface area contributed by atoms with Gasteiger partial charge in [-0.05, 0) is 43.5 Å². The summed E-state index contributed by atoms with van der Waals surface area (Å²) in [6, 6.07) is 5.92. The summed E-state index contributed by atoms with van der Waals surface area (Å²) in [7, 11) is 0. The first-order valence-electron chi connectivity index (χ1n) is 9.04. The van der Waals surface area contributed by atoms with Crippen LogP contribution in [0.3, 0.4) is 0 Å². The van der Waals surface area contributed by atoms with Crippen molar-refractivity contribution in [3.63, 3.8) is 0 Å². The molecule has 1 fully saturated rings. The van der Waals surface area contributed by atoms with E-state index in [1.165, 1.54) is 18.6 Å². The monoisotopic (exact) mass is 394 g/mol. The smallest absolute Gasteiger partial charge is 0.416 e. The van der Waals surface area contributed by atoms with E-state index in [0.717, 1.165) is 12.1 Å². The van der Waals surface area contributed by atoms with Gasteiger partial charge in [-0.1, -0.05) is 12.1 Å². The fraction of sp³-hybridized carbons (Fsp3) is 0.400. The van der Waals surface area contributed by atoms with Crippen LogP contribution in [0.15, 0.2) is 47.3 Å². The van der Waals surface area contributed by atoms with E-state index in [1.54, 1.807) is 24.0 Å². The van der Waals surface area contributed by atoms with Crippen LogP contribution in [-0.2, 0) is 11.0 Å². The highest BCUT2D eigenvalue weighted by Crippen LogP contribution is 2.31. The molecule has 0 radical (unpaired) electrons. The minimum absolute atomic E-state index is 0.197. The van der Waals surface area contributed by atoms with Crippen molar-refractivity contribution in [2.45, 2.75) is 32.0 Å². The lowest BCUT2D eigenvalue weighted by molar-refractivity contribution is -0.137. The molecule has 0 spiro atoms. The quantitative estimate of drug-likeness (QED) is 0.852. The Balaban J connectivity index is 1.63. The fourth-order valence-electron chi connectivity index (χ4n) is 3.34. The molecule has 2 aromatic rings. The molecule has 2 heterocycles. The van der Waals surface area contributed by atoms with Crippen molar-refractivity contribution in [1.29, 1.82) is 0 Å². The number of amides is 2. The molecular weight excluding hydrogens is 373 g/mol. The van der Waals surface area contributed by atoms with Crippen LogP contribution in [0.5, 0.6) is 0 Å². The van der Waals surface area contributed by atoms with Crippen molar-refractivity contribution in [2.24, 2.45) is 5.92 Å². The zero-order chi connectivity index (χ0) is 20.3. The summed E-state index contributed by atoms with van der Waals surface area (Å²) in [4.78, 5) is 26.7. The van der Waals surface area contributed by atoms with Gasteiger partial charge in [0.1, 0.15) is 6.26 Å². The second-order valence-corrected chi connectivity index (χ2v) is 6.96. The van der Waals surface area contributed by atoms with E-state index >= 15 is 0 Å². The van der Waals surface area contributed by atoms with E-state index < -0.39 is 23.7 Å². The van der Waals surface area contributed by atoms with Gasteiger partial charge in [0.25, 0.3) is 5.91 Å². The second kappa shape index (κ2) is 8.08. The maximum atomic E-state index is 12.9. The number of nitrogens with one attached hydrogen (secondary N) is 1. The van der Waals surface area contributed by atoms with Crippen LogP contribution in [-0.4, -0.2) is 29.8 Å². The molecule has 1 saturated heterocycles. The van der Waals surface area contributed by atoms with E-state index in [9.17, 15) is 22.8 Å². The molecular formula is C20H21F3N2O3. The number of benzene rings is 1. The Labute approximate surface area is 160 Å². The highest BCUT2D eigenvalue weighted by atomic mass is 19.4. The molecule has 1 aromatic heterocycles. The van der Waals surface area contributed by atoms with Gasteiger partial charge in [0.15, 0.2) is 0 Å². The second-order valence-electron chi connectivity index (χ2n) is 6.96. The van der Waals surface area contributed by atoms with Crippen LogP contribution in [0.4, 0.5) is 13.2 Å². The summed E-state index contributed by atoms with van der Waals surface area (Å²) in [6.45, 7) is 2.47. The molecule has 8 heteroatoms. The average molecular weight is 394 g/mol. The maximum Gasteiger partial charge on any atom is 0.416 e. The lowest BCUT2D eigenvalue weighted by Crippen LogP contribution is -2.45. The van der Waals surface area contributed by atoms with E-state index in [0.29, 0.717) is 30.5 Å². The van der Waals surface area contributed by atoms with Crippen molar-refractivity contribution in [3.05, 3.63) is 59.5 Å². The van der Waals surface area contributed by atoms with Crippen LogP contribution in [0.2, 0.25) is 0 Å². The Morgan fingerprint density at radius 2 is 2.07 bits per heavy atom. The zero-order valence-electron chi connectivity index (χ0n) is 15.3. The number of alkyl halides is 3. The summed E-state index contributed by atoms with van der Waals surface area (Å²) in [5, 5.41) is 2.78. The third-order valence-electron chi connectivity index (χ3n) is 4.92. The maximum absolute atomic E-state index is 12.9. The predicted octanol–water partition coefficient (Wildman–Crippen LogP) is 4.03. The van der Waals surface area contributed by atoms with Gasteiger partial charge in [-0.15, -0.1) is 0 Å². The number of hydrogen-bond acceptors (Lipinski definition) is 3. The van der Waals surface area contributed by atoms with Gasteiger partial charge in [0, 0.05) is 13.1 Å². The van der Waals surface area contributed by atoms with Crippen molar-refractivity contribution in [3.8, 4) is 0 Å². The number of piperidine rings is 1. The number of hydrogen-bond donors (Lipinski definition) is 1. The normalized spacial score (nSPS) is 18.6. The molecule has 2 atom stereocenters. The molecule has 1 N–H and O–H groups in total. The van der Waals surface area contributed by atoms with E-state index in [2.05, 4.69) is 5.32 Å². The molecule has 0 saturated carbocycles. The Kier molecular flexibility index (Phi) is 5.76. The fourth-order valence-corrected chi connectivity index (χ4v) is 3.34. The van der Waals surface area contributed by atoms with E-state index in [4.69, 9.17) is 4.42 Å². The van der Waals surface area contributed by atoms with Crippen molar-refractivity contribution < 1.29 is 27.2 Å². The van der Waals surface area contributed by atoms with Crippen LogP contribution in [0.25, 0.3) is 0 Å². The number of carbonyl (C=O) groups is 2. The molecule has 0 bridgehead atoms. The predicted molar refractivity (Wildman–Crippen MR) is 95.3 cm³/mol. The lowest BCUT2D eigenvalue weighted by atomic mass is 9.95. The highest BCUT2D eigenvalue weighted by molar-refractivity contribution is 5.94. The van der Waals surface area contributed by atoms with Gasteiger partial charge in [-0.2, -0.15) is 13.2 Å². The lowest BCUT2D eigenvalue weighted by Gasteiger charge is -2.32. The minimum atomic E-state index is -4.43. The van der Waals surface area contributed by atoms with Gasteiger partial charge in [-0.3, -0.25) is 9.59 Å². The molecule has 0 unspecified atom stereocenters. The minimum Gasteiger partial charge on any atom is -0.472 e. The number of likely N-dealkylation sites (tertiary alicyclic amines) is 1. The summed E-state index contributed by atoms with van der Waals surface area (Å²) >= 11 is 0. The third kappa shape index (κ3) is 4.55.